The molecule has 8 amide bonds. The van der Waals surface area contributed by atoms with Gasteiger partial charge in [0.05, 0.1) is 16.4 Å². The average Bonchev–Trinajstić information content (AvgIpc) is 1.79. The van der Waals surface area contributed by atoms with Crippen LogP contribution < -0.4 is 47.1 Å². The number of fused-ring (bicyclic) bond motifs is 5. The Balaban J connectivity index is 0.788. The second-order valence-electron chi connectivity index (χ2n) is 21.7. The number of likely N-dealkylation sites (N-methyl/N-ethyl adjacent to an activating group) is 2. The first-order valence-electron chi connectivity index (χ1n) is 28.0. The maximum Gasteiger partial charge on any atom is 0.415 e. The number of rotatable bonds is 23. The minimum absolute atomic E-state index is 0.0856. The minimum atomic E-state index is -0.939. The molecule has 7 aromatic rings. The summed E-state index contributed by atoms with van der Waals surface area (Å²) in [5, 5.41) is 15.4. The number of carbonyl (C=O) groups is 7. The number of anilines is 3. The molecule has 0 radical (unpaired) electrons. The Labute approximate surface area is 494 Å². The Morgan fingerprint density at radius 2 is 1.51 bits per heavy atom. The summed E-state index contributed by atoms with van der Waals surface area (Å²) in [4.78, 5) is 105. The standard InChI is InChI=1S/C60H71ClN12O10S/c1-34(2)52(62)56(76)69-45(9-8-18-64-58(63)78)54(74)65-40-12-10-36(11-13-40)32-82-59(79)70(4)21-22-71(5)60(80)83-49-29-48-51(50-35(3)33-84-53(49)50)39(30-61)31-73(48)57(77)47-28-37-25-41(14-16-43(37)68-47)66-55(75)46-27-38-26-42(15-17-44(38)67-46)81-24-23-72-19-6-7-20-72/h10-17,25-29,33-34,39,45,52,67-68H,6-9,18-24,30-32,62H2,1-5H3,(H,65,74)(H,66,75)(H,69,76)(H3,63,64,78)/t39-,45+,52?/m1/s1. The van der Waals surface area contributed by atoms with Crippen LogP contribution in [0.25, 0.3) is 31.9 Å². The van der Waals surface area contributed by atoms with Crippen LogP contribution in [0.5, 0.6) is 11.5 Å². The highest BCUT2D eigenvalue weighted by atomic mass is 35.5. The van der Waals surface area contributed by atoms with Gasteiger partial charge in [0, 0.05) is 103 Å². The molecule has 2 aliphatic rings. The molecule has 444 valence electrons. The number of carbonyl (C=O) groups excluding carboxylic acids is 7. The molecule has 4 aromatic carbocycles. The fourth-order valence-electron chi connectivity index (χ4n) is 10.3. The molecule has 9 rings (SSSR count). The number of thiophene rings is 1. The van der Waals surface area contributed by atoms with Crippen LogP contribution in [0.15, 0.2) is 84.2 Å². The normalized spacial score (nSPS) is 14.8. The quantitative estimate of drug-likeness (QED) is 0.0221. The van der Waals surface area contributed by atoms with Gasteiger partial charge in [-0.15, -0.1) is 22.9 Å². The van der Waals surface area contributed by atoms with Gasteiger partial charge in [0.2, 0.25) is 11.8 Å². The van der Waals surface area contributed by atoms with Crippen molar-refractivity contribution in [3.63, 3.8) is 0 Å². The van der Waals surface area contributed by atoms with Gasteiger partial charge in [-0.1, -0.05) is 26.0 Å². The summed E-state index contributed by atoms with van der Waals surface area (Å²) < 4.78 is 18.4. The third-order valence-corrected chi connectivity index (χ3v) is 16.6. The number of hydrogen-bond acceptors (Lipinski definition) is 13. The first-order chi connectivity index (χ1) is 40.3. The van der Waals surface area contributed by atoms with Gasteiger partial charge >= 0.3 is 18.2 Å². The third kappa shape index (κ3) is 14.3. The number of urea groups is 1. The Morgan fingerprint density at radius 1 is 0.833 bits per heavy atom. The number of benzene rings is 4. The van der Waals surface area contributed by atoms with Crippen molar-refractivity contribution in [3.8, 4) is 11.5 Å². The van der Waals surface area contributed by atoms with E-state index in [2.05, 4.69) is 36.1 Å². The van der Waals surface area contributed by atoms with Crippen LogP contribution in [0, 0.1) is 12.8 Å². The highest BCUT2D eigenvalue weighted by Crippen LogP contribution is 2.49. The van der Waals surface area contributed by atoms with E-state index in [0.29, 0.717) is 57.9 Å². The van der Waals surface area contributed by atoms with E-state index in [9.17, 15) is 33.6 Å². The maximum atomic E-state index is 14.6. The molecule has 10 N–H and O–H groups in total. The Hall–Kier alpha value is -8.38. The molecule has 1 unspecified atom stereocenters. The molecule has 3 atom stereocenters. The van der Waals surface area contributed by atoms with Gasteiger partial charge in [-0.2, -0.15) is 0 Å². The number of amides is 8. The predicted octanol–water partition coefficient (Wildman–Crippen LogP) is 8.44. The number of aromatic amines is 2. The molecule has 0 aliphatic carbocycles. The van der Waals surface area contributed by atoms with Gasteiger partial charge in [-0.3, -0.25) is 24.1 Å². The van der Waals surface area contributed by atoms with Crippen molar-refractivity contribution >= 4 is 114 Å². The number of nitrogens with one attached hydrogen (secondary N) is 6. The highest BCUT2D eigenvalue weighted by molar-refractivity contribution is 7.17. The lowest BCUT2D eigenvalue weighted by Gasteiger charge is -2.23. The summed E-state index contributed by atoms with van der Waals surface area (Å²) in [6, 6.07) is 20.6. The van der Waals surface area contributed by atoms with E-state index < -0.39 is 42.1 Å². The Morgan fingerprint density at radius 3 is 2.23 bits per heavy atom. The molecular formula is C60H71ClN12O10S. The molecule has 0 bridgehead atoms. The molecule has 0 spiro atoms. The van der Waals surface area contributed by atoms with Crippen LogP contribution in [0.2, 0.25) is 0 Å². The van der Waals surface area contributed by atoms with Crippen molar-refractivity contribution in [1.29, 1.82) is 0 Å². The van der Waals surface area contributed by atoms with Crippen LogP contribution in [-0.4, -0.2) is 151 Å². The van der Waals surface area contributed by atoms with Crippen molar-refractivity contribution < 1.29 is 47.8 Å². The fourth-order valence-corrected chi connectivity index (χ4v) is 11.5. The summed E-state index contributed by atoms with van der Waals surface area (Å²) in [6.45, 7) is 9.87. The number of nitrogens with two attached hydrogens (primary N) is 2. The van der Waals surface area contributed by atoms with Crippen molar-refractivity contribution in [2.75, 3.05) is 87.9 Å². The fraction of sp³-hybridized carbons (Fsp3) is 0.383. The van der Waals surface area contributed by atoms with Gasteiger partial charge in [0.15, 0.2) is 5.75 Å². The van der Waals surface area contributed by atoms with Crippen molar-refractivity contribution in [1.82, 2.24) is 35.3 Å². The zero-order valence-corrected chi connectivity index (χ0v) is 49.2. The number of H-pyrrole nitrogens is 2. The topological polar surface area (TPSA) is 292 Å². The average molecular weight is 1190 g/mol. The number of alkyl halides is 1. The lowest BCUT2D eigenvalue weighted by molar-refractivity contribution is -0.128. The molecule has 2 aliphatic heterocycles. The summed E-state index contributed by atoms with van der Waals surface area (Å²) in [5.74, 6) is -0.706. The van der Waals surface area contributed by atoms with Gasteiger partial charge in [0.1, 0.15) is 36.4 Å². The van der Waals surface area contributed by atoms with E-state index in [-0.39, 0.29) is 74.5 Å². The van der Waals surface area contributed by atoms with Gasteiger partial charge in [-0.05, 0) is 134 Å². The number of hydrogen-bond donors (Lipinski definition) is 8. The Bertz CT molecular complexity index is 3580. The molecule has 0 saturated carbocycles. The number of primary amides is 1. The van der Waals surface area contributed by atoms with Crippen molar-refractivity contribution in [2.24, 2.45) is 17.4 Å². The van der Waals surface area contributed by atoms with Crippen LogP contribution in [-0.2, 0) is 20.9 Å². The number of nitrogens with zero attached hydrogens (tertiary/aromatic N) is 4. The largest absolute Gasteiger partial charge is 0.492 e. The lowest BCUT2D eigenvalue weighted by atomic mass is 9.97. The van der Waals surface area contributed by atoms with Crippen LogP contribution in [0.4, 0.5) is 31.4 Å². The maximum absolute atomic E-state index is 14.6. The van der Waals surface area contributed by atoms with Gasteiger partial charge in [-0.25, -0.2) is 14.4 Å². The van der Waals surface area contributed by atoms with E-state index in [0.717, 1.165) is 57.5 Å². The van der Waals surface area contributed by atoms with E-state index in [1.807, 2.05) is 36.6 Å². The molecule has 84 heavy (non-hydrogen) atoms. The summed E-state index contributed by atoms with van der Waals surface area (Å²) in [6.07, 6.45) is 1.71. The van der Waals surface area contributed by atoms with Gasteiger partial charge < -0.3 is 71.6 Å². The zero-order valence-electron chi connectivity index (χ0n) is 47.6. The smallest absolute Gasteiger partial charge is 0.415 e. The number of halogens is 1. The minimum Gasteiger partial charge on any atom is -0.492 e. The lowest BCUT2D eigenvalue weighted by Crippen LogP contribution is -2.51. The monoisotopic (exact) mass is 1190 g/mol. The highest BCUT2D eigenvalue weighted by Gasteiger charge is 2.37. The Kier molecular flexibility index (Phi) is 19.3. The second-order valence-corrected chi connectivity index (χ2v) is 22.9. The van der Waals surface area contributed by atoms with Crippen LogP contribution in [0.3, 0.4) is 0 Å². The number of likely N-dealkylation sites (tertiary alicyclic amines) is 1. The van der Waals surface area contributed by atoms with Crippen LogP contribution in [0.1, 0.15) is 83.1 Å². The van der Waals surface area contributed by atoms with E-state index in [4.69, 9.17) is 37.3 Å². The molecule has 24 heteroatoms. The van der Waals surface area contributed by atoms with Crippen molar-refractivity contribution in [3.05, 3.63) is 112 Å². The first-order valence-corrected chi connectivity index (χ1v) is 29.4. The van der Waals surface area contributed by atoms with E-state index >= 15 is 0 Å². The molecule has 22 nitrogen and oxygen atoms in total. The molecule has 1 saturated heterocycles. The zero-order chi connectivity index (χ0) is 59.8. The summed E-state index contributed by atoms with van der Waals surface area (Å²) >= 11 is 8.06. The first kappa shape index (κ1) is 60.2. The molecule has 5 heterocycles. The van der Waals surface area contributed by atoms with Crippen molar-refractivity contribution in [2.45, 2.75) is 71.1 Å². The summed E-state index contributed by atoms with van der Waals surface area (Å²) in [5.41, 5.74) is 17.4. The van der Waals surface area contributed by atoms with Gasteiger partial charge in [0.25, 0.3) is 11.8 Å². The van der Waals surface area contributed by atoms with E-state index in [1.165, 1.54) is 34.0 Å². The van der Waals surface area contributed by atoms with Crippen LogP contribution >= 0.6 is 22.9 Å². The van der Waals surface area contributed by atoms with E-state index in [1.54, 1.807) is 87.4 Å². The molecule has 1 fully saturated rings. The predicted molar refractivity (Wildman–Crippen MR) is 326 cm³/mol. The SMILES string of the molecule is Cc1csc2c(OC(=O)N(C)CCN(C)C(=O)OCc3ccc(NC(=O)[C@H](CCCNC(N)=O)NC(=O)C(N)C(C)C)cc3)cc3c(c12)[C@H](CCl)CN3C(=O)c1cc2cc(NC(=O)c3cc4cc(OCCN5CCCC5)ccc4[nH]3)ccc2[nH]1. The molecule has 3 aromatic heterocycles. The third-order valence-electron chi connectivity index (χ3n) is 15.2. The number of aryl methyl sites for hydroxylation is 1. The second kappa shape index (κ2) is 26.9. The molecular weight excluding hydrogens is 1120 g/mol. The number of aromatic nitrogens is 2. The summed E-state index contributed by atoms with van der Waals surface area (Å²) in [7, 11) is 3.10. The number of ether oxygens (including phenoxy) is 3.